The molecule has 1 aromatic heterocycles. The van der Waals surface area contributed by atoms with E-state index in [-0.39, 0.29) is 9.93 Å². The Bertz CT molecular complexity index is 1260. The number of nitrogens with one attached hydrogen (secondary N) is 2. The summed E-state index contributed by atoms with van der Waals surface area (Å²) < 4.78 is 32.5. The summed E-state index contributed by atoms with van der Waals surface area (Å²) >= 11 is 0. The summed E-state index contributed by atoms with van der Waals surface area (Å²) in [4.78, 5) is 14.4. The van der Waals surface area contributed by atoms with Crippen LogP contribution >= 0.6 is 0 Å². The SMILES string of the molecule is CC(C)(C)[Si](C)(C)N(C(=O)Nc1c2c(cc3c1CCC3)CCC2)S(=N)(=O)c1cnn2c1OCCC2. The minimum atomic E-state index is -3.71. The Kier molecular flexibility index (Phi) is 5.82. The zero-order valence-corrected chi connectivity index (χ0v) is 23.3. The Hall–Kier alpha value is -2.33. The molecular formula is C25H37N5O3SSi. The van der Waals surface area contributed by atoms with Crippen molar-refractivity contribution in [3.8, 4) is 5.88 Å². The second-order valence-corrected chi connectivity index (χ2v) is 18.8. The van der Waals surface area contributed by atoms with Gasteiger partial charge in [0.1, 0.15) is 4.90 Å². The minimum absolute atomic E-state index is 0.195. The third-order valence-corrected chi connectivity index (χ3v) is 16.9. The van der Waals surface area contributed by atoms with E-state index in [1.54, 1.807) is 4.68 Å². The molecule has 0 fully saturated rings. The van der Waals surface area contributed by atoms with Crippen molar-refractivity contribution >= 4 is 29.9 Å². The number of hydrogen-bond acceptors (Lipinski definition) is 5. The summed E-state index contributed by atoms with van der Waals surface area (Å²) in [5.41, 5.74) is 5.99. The number of ether oxygens (including phenoxy) is 1. The van der Waals surface area contributed by atoms with Crippen molar-refractivity contribution < 1.29 is 13.7 Å². The van der Waals surface area contributed by atoms with E-state index in [0.717, 1.165) is 50.6 Å². The standard InChI is InChI=1S/C25H37N5O3SSi/c1-25(2,3)35(4,5)30(34(26,32)21-16-27-29-13-8-14-33-23(21)29)24(31)28-22-19-11-6-9-17(19)15-18-10-7-12-20(18)22/h15-16,26H,6-14H2,1-5H3,(H,28,31). The van der Waals surface area contributed by atoms with E-state index in [1.807, 2.05) is 13.1 Å². The lowest BCUT2D eigenvalue weighted by atomic mass is 9.99. The fourth-order valence-corrected chi connectivity index (χ4v) is 11.4. The van der Waals surface area contributed by atoms with Gasteiger partial charge in [-0.2, -0.15) is 5.10 Å². The summed E-state index contributed by atoms with van der Waals surface area (Å²) in [6.07, 6.45) is 8.40. The van der Waals surface area contributed by atoms with E-state index in [4.69, 9.17) is 4.74 Å². The molecule has 1 atom stereocenters. The van der Waals surface area contributed by atoms with Gasteiger partial charge in [-0.05, 0) is 78.9 Å². The highest BCUT2D eigenvalue weighted by atomic mass is 32.2. The molecule has 0 saturated heterocycles. The quantitative estimate of drug-likeness (QED) is 0.525. The normalized spacial score (nSPS) is 18.8. The molecule has 5 rings (SSSR count). The number of benzene rings is 1. The van der Waals surface area contributed by atoms with Crippen molar-refractivity contribution in [3.05, 3.63) is 34.5 Å². The van der Waals surface area contributed by atoms with Gasteiger partial charge in [-0.25, -0.2) is 18.5 Å². The first kappa shape index (κ1) is 24.4. The highest BCUT2D eigenvalue weighted by Crippen LogP contribution is 2.44. The van der Waals surface area contributed by atoms with Crippen LogP contribution in [0.4, 0.5) is 10.5 Å². The molecule has 0 saturated carbocycles. The molecule has 35 heavy (non-hydrogen) atoms. The van der Waals surface area contributed by atoms with Crippen molar-refractivity contribution in [1.29, 1.82) is 4.78 Å². The maximum Gasteiger partial charge on any atom is 0.326 e. The Labute approximate surface area is 209 Å². The van der Waals surface area contributed by atoms with Crippen LogP contribution in [0.5, 0.6) is 5.88 Å². The van der Waals surface area contributed by atoms with Gasteiger partial charge in [0.25, 0.3) is 0 Å². The summed E-state index contributed by atoms with van der Waals surface area (Å²) in [6.45, 7) is 11.4. The number of carbonyl (C=O) groups excluding carboxylic acids is 1. The van der Waals surface area contributed by atoms with Crippen LogP contribution in [0.15, 0.2) is 17.2 Å². The van der Waals surface area contributed by atoms with Crippen molar-refractivity contribution in [2.45, 2.75) is 95.3 Å². The van der Waals surface area contributed by atoms with Gasteiger partial charge in [0.05, 0.1) is 12.8 Å². The molecule has 2 aromatic rings. The Morgan fingerprint density at radius 3 is 2.37 bits per heavy atom. The van der Waals surface area contributed by atoms with Gasteiger partial charge in [-0.15, -0.1) is 0 Å². The average Bonchev–Trinajstić information content (AvgIpc) is 3.51. The highest BCUT2D eigenvalue weighted by molar-refractivity contribution is 7.92. The molecule has 1 unspecified atom stereocenters. The van der Waals surface area contributed by atoms with E-state index in [9.17, 15) is 13.8 Å². The molecule has 1 aliphatic heterocycles. The summed E-state index contributed by atoms with van der Waals surface area (Å²) in [7, 11) is -6.49. The molecule has 1 aromatic carbocycles. The van der Waals surface area contributed by atoms with E-state index in [2.05, 4.69) is 37.3 Å². The van der Waals surface area contributed by atoms with Crippen LogP contribution in [0.25, 0.3) is 0 Å². The molecule has 10 heteroatoms. The van der Waals surface area contributed by atoms with Gasteiger partial charge < -0.3 is 10.1 Å². The lowest BCUT2D eigenvalue weighted by Gasteiger charge is -2.45. The zero-order chi connectivity index (χ0) is 25.2. The predicted octanol–water partition coefficient (Wildman–Crippen LogP) is 5.50. The number of anilines is 1. The maximum absolute atomic E-state index is 14.4. The van der Waals surface area contributed by atoms with E-state index < -0.39 is 24.2 Å². The van der Waals surface area contributed by atoms with Gasteiger partial charge in [0.2, 0.25) is 5.88 Å². The summed E-state index contributed by atoms with van der Waals surface area (Å²) in [5.74, 6) is 0.356. The smallest absolute Gasteiger partial charge is 0.326 e. The van der Waals surface area contributed by atoms with Crippen LogP contribution in [-0.2, 0) is 42.1 Å². The number of urea groups is 1. The van der Waals surface area contributed by atoms with Crippen LogP contribution in [-0.4, -0.2) is 38.8 Å². The van der Waals surface area contributed by atoms with Crippen LogP contribution in [0.1, 0.15) is 62.3 Å². The summed E-state index contributed by atoms with van der Waals surface area (Å²) in [5, 5.41) is 7.24. The van der Waals surface area contributed by atoms with Gasteiger partial charge in [-0.1, -0.05) is 26.8 Å². The van der Waals surface area contributed by atoms with Crippen molar-refractivity contribution in [3.63, 3.8) is 0 Å². The van der Waals surface area contributed by atoms with Crippen molar-refractivity contribution in [2.24, 2.45) is 0 Å². The number of fused-ring (bicyclic) bond motifs is 3. The van der Waals surface area contributed by atoms with Crippen LogP contribution in [0, 0.1) is 4.78 Å². The molecule has 2 aliphatic carbocycles. The molecule has 3 aliphatic rings. The molecule has 190 valence electrons. The monoisotopic (exact) mass is 515 g/mol. The summed E-state index contributed by atoms with van der Waals surface area (Å²) in [6, 6.07) is 1.89. The third-order valence-electron chi connectivity index (χ3n) is 8.30. The number of nitrogens with zero attached hydrogens (tertiary/aromatic N) is 3. The topological polar surface area (TPSA) is 100 Å². The lowest BCUT2D eigenvalue weighted by Crippen LogP contribution is -2.60. The lowest BCUT2D eigenvalue weighted by molar-refractivity contribution is 0.224. The molecular weight excluding hydrogens is 478 g/mol. The van der Waals surface area contributed by atoms with Gasteiger partial charge in [-0.3, -0.25) is 3.97 Å². The number of hydrogen-bond donors (Lipinski definition) is 2. The maximum atomic E-state index is 14.4. The predicted molar refractivity (Wildman–Crippen MR) is 140 cm³/mol. The molecule has 2 amide bonds. The molecule has 8 nitrogen and oxygen atoms in total. The number of aryl methyl sites for hydroxylation is 3. The van der Waals surface area contributed by atoms with Crippen LogP contribution < -0.4 is 10.1 Å². The number of rotatable bonds is 4. The second-order valence-electron chi connectivity index (χ2n) is 11.5. The molecule has 0 radical (unpaired) electrons. The van der Waals surface area contributed by atoms with Crippen molar-refractivity contribution in [1.82, 2.24) is 13.8 Å². The largest absolute Gasteiger partial charge is 0.477 e. The number of carbonyl (C=O) groups is 1. The van der Waals surface area contributed by atoms with Crippen molar-refractivity contribution in [2.75, 3.05) is 11.9 Å². The molecule has 2 N–H and O–H groups in total. The van der Waals surface area contributed by atoms with Gasteiger partial charge in [0.15, 0.2) is 18.2 Å². The minimum Gasteiger partial charge on any atom is -0.477 e. The van der Waals surface area contributed by atoms with E-state index >= 15 is 0 Å². The Morgan fingerprint density at radius 1 is 1.14 bits per heavy atom. The van der Waals surface area contributed by atoms with Crippen LogP contribution in [0.3, 0.4) is 0 Å². The first-order valence-electron chi connectivity index (χ1n) is 12.7. The second kappa shape index (κ2) is 8.37. The molecule has 0 bridgehead atoms. The first-order valence-corrected chi connectivity index (χ1v) is 17.1. The molecule has 0 spiro atoms. The van der Waals surface area contributed by atoms with Crippen LogP contribution in [0.2, 0.25) is 18.1 Å². The Balaban J connectivity index is 1.61. The zero-order valence-electron chi connectivity index (χ0n) is 21.5. The average molecular weight is 516 g/mol. The number of amides is 2. The molecule has 2 heterocycles. The highest BCUT2D eigenvalue weighted by Gasteiger charge is 2.50. The first-order chi connectivity index (χ1) is 16.4. The fourth-order valence-electron chi connectivity index (χ4n) is 5.45. The number of aromatic nitrogens is 2. The Morgan fingerprint density at radius 2 is 1.77 bits per heavy atom. The third kappa shape index (κ3) is 3.89. The fraction of sp³-hybridized carbons (Fsp3) is 0.600. The van der Waals surface area contributed by atoms with E-state index in [1.165, 1.54) is 32.4 Å². The van der Waals surface area contributed by atoms with E-state index in [0.29, 0.717) is 19.0 Å². The van der Waals surface area contributed by atoms with Gasteiger partial charge >= 0.3 is 6.03 Å². The van der Waals surface area contributed by atoms with Gasteiger partial charge in [0, 0.05) is 18.7 Å².